The number of aromatic nitrogens is 2. The van der Waals surface area contributed by atoms with Gasteiger partial charge in [-0.1, -0.05) is 41.9 Å². The van der Waals surface area contributed by atoms with Crippen molar-refractivity contribution < 1.29 is 4.74 Å². The van der Waals surface area contributed by atoms with Crippen molar-refractivity contribution >= 4 is 47.2 Å². The normalized spacial score (nSPS) is 11.0. The molecule has 0 atom stereocenters. The Bertz CT molecular complexity index is 914. The van der Waals surface area contributed by atoms with Gasteiger partial charge in [0, 0.05) is 24.6 Å². The number of imidazole rings is 1. The van der Waals surface area contributed by atoms with Crippen LogP contribution in [-0.4, -0.2) is 22.6 Å². The molecular formula is C20H23ClIN5O. The third-order valence-electron chi connectivity index (χ3n) is 4.10. The first-order valence-electron chi connectivity index (χ1n) is 8.60. The minimum atomic E-state index is 0. The van der Waals surface area contributed by atoms with Gasteiger partial charge in [0.25, 0.3) is 0 Å². The van der Waals surface area contributed by atoms with Gasteiger partial charge >= 0.3 is 0 Å². The number of methoxy groups -OCH3 is 1. The maximum absolute atomic E-state index is 6.12. The smallest absolute Gasteiger partial charge is 0.193 e. The summed E-state index contributed by atoms with van der Waals surface area (Å²) < 4.78 is 7.23. The molecule has 3 aromatic rings. The number of aliphatic imine (C=N–C) groups is 1. The molecule has 0 amide bonds. The number of benzene rings is 2. The average molecular weight is 512 g/mol. The zero-order valence-electron chi connectivity index (χ0n) is 15.5. The fourth-order valence-electron chi connectivity index (χ4n) is 2.68. The Labute approximate surface area is 186 Å². The highest BCUT2D eigenvalue weighted by Crippen LogP contribution is 2.27. The summed E-state index contributed by atoms with van der Waals surface area (Å²) in [5, 5.41) is 3.53. The molecule has 2 aromatic carbocycles. The maximum atomic E-state index is 6.12. The van der Waals surface area contributed by atoms with E-state index in [1.165, 1.54) is 5.56 Å². The number of halogens is 2. The molecule has 28 heavy (non-hydrogen) atoms. The molecule has 8 heteroatoms. The van der Waals surface area contributed by atoms with Crippen LogP contribution in [0.15, 0.2) is 65.9 Å². The quantitative estimate of drug-likeness (QED) is 0.281. The number of guanidine groups is 1. The molecule has 3 N–H and O–H groups in total. The van der Waals surface area contributed by atoms with Crippen molar-refractivity contribution in [3.05, 3.63) is 77.3 Å². The lowest BCUT2D eigenvalue weighted by Crippen LogP contribution is -2.23. The molecule has 0 saturated carbocycles. The van der Waals surface area contributed by atoms with E-state index >= 15 is 0 Å². The van der Waals surface area contributed by atoms with Crippen molar-refractivity contribution in [2.75, 3.05) is 12.4 Å². The van der Waals surface area contributed by atoms with E-state index in [1.807, 2.05) is 30.5 Å². The van der Waals surface area contributed by atoms with Crippen LogP contribution in [0.2, 0.25) is 5.02 Å². The van der Waals surface area contributed by atoms with E-state index in [9.17, 15) is 0 Å². The highest BCUT2D eigenvalue weighted by atomic mass is 127. The van der Waals surface area contributed by atoms with Gasteiger partial charge in [0.2, 0.25) is 0 Å². The average Bonchev–Trinajstić information content (AvgIpc) is 3.13. The number of aryl methyl sites for hydroxylation is 2. The summed E-state index contributed by atoms with van der Waals surface area (Å²) in [5.41, 5.74) is 8.02. The van der Waals surface area contributed by atoms with E-state index in [0.29, 0.717) is 23.3 Å². The van der Waals surface area contributed by atoms with E-state index < -0.39 is 0 Å². The summed E-state index contributed by atoms with van der Waals surface area (Å²) in [6.07, 6.45) is 4.68. The first-order valence-corrected chi connectivity index (χ1v) is 8.98. The van der Waals surface area contributed by atoms with Gasteiger partial charge in [-0.2, -0.15) is 0 Å². The summed E-state index contributed by atoms with van der Waals surface area (Å²) in [5.74, 6) is 1.77. The number of hydrogen-bond donors (Lipinski definition) is 2. The molecule has 0 spiro atoms. The second-order valence-corrected chi connectivity index (χ2v) is 6.36. The van der Waals surface area contributed by atoms with Crippen molar-refractivity contribution in [3.63, 3.8) is 0 Å². The van der Waals surface area contributed by atoms with Gasteiger partial charge in [-0.05, 0) is 30.2 Å². The summed E-state index contributed by atoms with van der Waals surface area (Å²) in [7, 11) is 1.57. The third kappa shape index (κ3) is 6.13. The van der Waals surface area contributed by atoms with Crippen molar-refractivity contribution in [1.29, 1.82) is 0 Å². The molecule has 0 radical (unpaired) electrons. The van der Waals surface area contributed by atoms with Crippen LogP contribution in [0.5, 0.6) is 5.75 Å². The van der Waals surface area contributed by atoms with E-state index in [1.54, 1.807) is 25.4 Å². The van der Waals surface area contributed by atoms with Crippen molar-refractivity contribution in [3.8, 4) is 5.75 Å². The molecule has 0 unspecified atom stereocenters. The van der Waals surface area contributed by atoms with Crippen LogP contribution >= 0.6 is 35.6 Å². The Hall–Kier alpha value is -2.26. The number of anilines is 1. The van der Waals surface area contributed by atoms with E-state index in [-0.39, 0.29) is 24.0 Å². The molecular weight excluding hydrogens is 489 g/mol. The van der Waals surface area contributed by atoms with Crippen molar-refractivity contribution in [2.45, 2.75) is 19.5 Å². The Balaban J connectivity index is 0.00000280. The predicted molar refractivity (Wildman–Crippen MR) is 125 cm³/mol. The van der Waals surface area contributed by atoms with E-state index in [0.717, 1.165) is 24.5 Å². The Kier molecular flexibility index (Phi) is 8.59. The molecule has 0 aliphatic rings. The fourth-order valence-corrected chi connectivity index (χ4v) is 2.93. The van der Waals surface area contributed by atoms with Crippen LogP contribution in [0.3, 0.4) is 0 Å². The topological polar surface area (TPSA) is 77.5 Å². The van der Waals surface area contributed by atoms with Crippen LogP contribution in [0, 0.1) is 0 Å². The number of nitrogens with zero attached hydrogens (tertiary/aromatic N) is 3. The predicted octanol–water partition coefficient (Wildman–Crippen LogP) is 4.33. The number of ether oxygens (including phenoxy) is 1. The van der Waals surface area contributed by atoms with Gasteiger partial charge in [0.15, 0.2) is 5.96 Å². The SMILES string of the molecule is COc1ccc(NC(N)=NCc2nccn2CCc2ccccc2)cc1Cl.I. The lowest BCUT2D eigenvalue weighted by atomic mass is 10.1. The maximum Gasteiger partial charge on any atom is 0.193 e. The molecule has 0 fully saturated rings. The van der Waals surface area contributed by atoms with Crippen LogP contribution < -0.4 is 15.8 Å². The van der Waals surface area contributed by atoms with Gasteiger partial charge in [0.1, 0.15) is 18.1 Å². The van der Waals surface area contributed by atoms with E-state index in [2.05, 4.69) is 32.0 Å². The van der Waals surface area contributed by atoms with Gasteiger partial charge in [-0.25, -0.2) is 9.98 Å². The number of hydrogen-bond acceptors (Lipinski definition) is 3. The number of nitrogens with two attached hydrogens (primary N) is 1. The molecule has 0 saturated heterocycles. The second-order valence-electron chi connectivity index (χ2n) is 5.95. The standard InChI is InChI=1S/C20H22ClN5O.HI/c1-27-18-8-7-16(13-17(18)21)25-20(22)24-14-19-23-10-12-26(19)11-9-15-5-3-2-4-6-15;/h2-8,10,12-13H,9,11,14H2,1H3,(H3,22,24,25);1H. The molecule has 1 heterocycles. The van der Waals surface area contributed by atoms with Gasteiger partial charge in [-0.3, -0.25) is 0 Å². The molecule has 0 aliphatic heterocycles. The molecule has 6 nitrogen and oxygen atoms in total. The number of rotatable bonds is 7. The van der Waals surface area contributed by atoms with Gasteiger partial charge in [-0.15, -0.1) is 24.0 Å². The Morgan fingerprint density at radius 1 is 1.25 bits per heavy atom. The van der Waals surface area contributed by atoms with Crippen LogP contribution in [0.4, 0.5) is 5.69 Å². The van der Waals surface area contributed by atoms with Crippen LogP contribution in [-0.2, 0) is 19.5 Å². The van der Waals surface area contributed by atoms with Crippen LogP contribution in [0.1, 0.15) is 11.4 Å². The molecule has 1 aromatic heterocycles. The lowest BCUT2D eigenvalue weighted by Gasteiger charge is -2.09. The molecule has 3 rings (SSSR count). The Morgan fingerprint density at radius 2 is 2.04 bits per heavy atom. The Morgan fingerprint density at radius 3 is 2.75 bits per heavy atom. The highest BCUT2D eigenvalue weighted by Gasteiger charge is 2.05. The largest absolute Gasteiger partial charge is 0.495 e. The van der Waals surface area contributed by atoms with Gasteiger partial charge in [0.05, 0.1) is 12.1 Å². The molecule has 0 aliphatic carbocycles. The monoisotopic (exact) mass is 511 g/mol. The van der Waals surface area contributed by atoms with Crippen molar-refractivity contribution in [1.82, 2.24) is 9.55 Å². The zero-order valence-corrected chi connectivity index (χ0v) is 18.6. The first kappa shape index (κ1) is 22.0. The summed E-state index contributed by atoms with van der Waals surface area (Å²) in [6.45, 7) is 1.24. The fraction of sp³-hybridized carbons (Fsp3) is 0.200. The first-order chi connectivity index (χ1) is 13.2. The minimum Gasteiger partial charge on any atom is -0.495 e. The summed E-state index contributed by atoms with van der Waals surface area (Å²) >= 11 is 6.12. The van der Waals surface area contributed by atoms with Crippen molar-refractivity contribution in [2.24, 2.45) is 10.7 Å². The third-order valence-corrected chi connectivity index (χ3v) is 4.40. The lowest BCUT2D eigenvalue weighted by molar-refractivity contribution is 0.415. The minimum absolute atomic E-state index is 0. The second kappa shape index (κ2) is 10.9. The zero-order chi connectivity index (χ0) is 19.1. The van der Waals surface area contributed by atoms with Crippen LogP contribution in [0.25, 0.3) is 0 Å². The molecule has 148 valence electrons. The molecule has 0 bridgehead atoms. The van der Waals surface area contributed by atoms with E-state index in [4.69, 9.17) is 22.1 Å². The highest BCUT2D eigenvalue weighted by molar-refractivity contribution is 14.0. The van der Waals surface area contributed by atoms with Gasteiger partial charge < -0.3 is 20.4 Å². The summed E-state index contributed by atoms with van der Waals surface area (Å²) in [6, 6.07) is 15.7. The summed E-state index contributed by atoms with van der Waals surface area (Å²) in [4.78, 5) is 8.75. The number of nitrogens with one attached hydrogen (secondary N) is 1.